The topological polar surface area (TPSA) is 42.2 Å². The Bertz CT molecular complexity index is 1050. The summed E-state index contributed by atoms with van der Waals surface area (Å²) in [7, 11) is 0. The first kappa shape index (κ1) is 15.3. The van der Waals surface area contributed by atoms with Crippen molar-refractivity contribution >= 4 is 10.9 Å². The van der Waals surface area contributed by atoms with Crippen LogP contribution in [0.25, 0.3) is 22.2 Å². The molecule has 1 aliphatic rings. The van der Waals surface area contributed by atoms with E-state index in [4.69, 9.17) is 4.52 Å². The summed E-state index contributed by atoms with van der Waals surface area (Å²) in [6, 6.07) is 20.8. The first-order valence-corrected chi connectivity index (χ1v) is 8.96. The third-order valence-corrected chi connectivity index (χ3v) is 5.06. The van der Waals surface area contributed by atoms with Crippen molar-refractivity contribution in [1.82, 2.24) is 15.0 Å². The van der Waals surface area contributed by atoms with E-state index in [1.165, 1.54) is 16.5 Å². The number of pyridine rings is 1. The van der Waals surface area contributed by atoms with E-state index in [-0.39, 0.29) is 0 Å². The molecule has 4 heteroatoms. The molecule has 4 aromatic rings. The lowest BCUT2D eigenvalue weighted by Gasteiger charge is -2.26. The minimum Gasteiger partial charge on any atom is -0.360 e. The fourth-order valence-corrected chi connectivity index (χ4v) is 3.76. The average molecular weight is 341 g/mol. The molecule has 0 atom stereocenters. The minimum absolute atomic E-state index is 0.853. The van der Waals surface area contributed by atoms with Crippen molar-refractivity contribution in [1.29, 1.82) is 0 Å². The maximum atomic E-state index is 5.62. The second-order valence-corrected chi connectivity index (χ2v) is 6.75. The maximum Gasteiger partial charge on any atom is 0.143 e. The number of aromatic nitrogens is 2. The van der Waals surface area contributed by atoms with Gasteiger partial charge < -0.3 is 4.52 Å². The van der Waals surface area contributed by atoms with Gasteiger partial charge in [-0.05, 0) is 11.6 Å². The molecular weight excluding hydrogens is 322 g/mol. The Morgan fingerprint density at radius 1 is 0.962 bits per heavy atom. The molecular formula is C22H19N3O. The zero-order chi connectivity index (χ0) is 17.3. The Kier molecular flexibility index (Phi) is 3.76. The smallest absolute Gasteiger partial charge is 0.143 e. The van der Waals surface area contributed by atoms with Gasteiger partial charge in [0.05, 0.1) is 5.52 Å². The van der Waals surface area contributed by atoms with Gasteiger partial charge in [0, 0.05) is 48.8 Å². The SMILES string of the molecule is c1ccc(-c2noc3c2CN(Cc2cccc4cccnc24)CC3)cc1. The van der Waals surface area contributed by atoms with Crippen molar-refractivity contribution in [3.63, 3.8) is 0 Å². The molecule has 3 heterocycles. The molecule has 4 nitrogen and oxygen atoms in total. The van der Waals surface area contributed by atoms with Crippen LogP contribution in [0.3, 0.4) is 0 Å². The molecule has 0 amide bonds. The molecule has 128 valence electrons. The summed E-state index contributed by atoms with van der Waals surface area (Å²) < 4.78 is 5.62. The standard InChI is InChI=1S/C22H19N3O/c1-2-6-17(7-3-1)22-19-15-25(13-11-20(19)26-24-22)14-18-9-4-8-16-10-5-12-23-21(16)18/h1-10,12H,11,13-15H2. The van der Waals surface area contributed by atoms with Crippen LogP contribution in [0.1, 0.15) is 16.9 Å². The minimum atomic E-state index is 0.853. The van der Waals surface area contributed by atoms with Crippen LogP contribution in [0.2, 0.25) is 0 Å². The van der Waals surface area contributed by atoms with Crippen LogP contribution >= 0.6 is 0 Å². The Hall–Kier alpha value is -2.98. The second-order valence-electron chi connectivity index (χ2n) is 6.75. The molecule has 0 aliphatic carbocycles. The third-order valence-electron chi connectivity index (χ3n) is 5.06. The van der Waals surface area contributed by atoms with Gasteiger partial charge in [0.15, 0.2) is 0 Å². The molecule has 26 heavy (non-hydrogen) atoms. The molecule has 0 radical (unpaired) electrons. The Morgan fingerprint density at radius 2 is 1.85 bits per heavy atom. The van der Waals surface area contributed by atoms with Gasteiger partial charge in [0.2, 0.25) is 0 Å². The van der Waals surface area contributed by atoms with Crippen LogP contribution in [0.4, 0.5) is 0 Å². The number of fused-ring (bicyclic) bond motifs is 2. The Morgan fingerprint density at radius 3 is 2.77 bits per heavy atom. The van der Waals surface area contributed by atoms with Gasteiger partial charge in [0.25, 0.3) is 0 Å². The molecule has 0 bridgehead atoms. The highest BCUT2D eigenvalue weighted by molar-refractivity contribution is 5.81. The first-order chi connectivity index (χ1) is 12.9. The summed E-state index contributed by atoms with van der Waals surface area (Å²) in [5.41, 5.74) is 5.67. The average Bonchev–Trinajstić information content (AvgIpc) is 3.12. The van der Waals surface area contributed by atoms with Crippen LogP contribution in [-0.4, -0.2) is 21.6 Å². The summed E-state index contributed by atoms with van der Waals surface area (Å²) in [6.07, 6.45) is 2.76. The first-order valence-electron chi connectivity index (χ1n) is 8.96. The van der Waals surface area contributed by atoms with Crippen LogP contribution < -0.4 is 0 Å². The highest BCUT2D eigenvalue weighted by Gasteiger charge is 2.25. The predicted molar refractivity (Wildman–Crippen MR) is 102 cm³/mol. The molecule has 2 aromatic heterocycles. The molecule has 0 saturated heterocycles. The van der Waals surface area contributed by atoms with Crippen molar-refractivity contribution in [2.24, 2.45) is 0 Å². The molecule has 5 rings (SSSR count). The van der Waals surface area contributed by atoms with Gasteiger partial charge in [-0.25, -0.2) is 0 Å². The van der Waals surface area contributed by atoms with Crippen molar-refractivity contribution in [2.45, 2.75) is 19.5 Å². The quantitative estimate of drug-likeness (QED) is 0.552. The number of hydrogen-bond acceptors (Lipinski definition) is 4. The van der Waals surface area contributed by atoms with E-state index in [1.54, 1.807) is 0 Å². The fourth-order valence-electron chi connectivity index (χ4n) is 3.76. The van der Waals surface area contributed by atoms with E-state index in [0.717, 1.165) is 48.6 Å². The van der Waals surface area contributed by atoms with E-state index < -0.39 is 0 Å². The van der Waals surface area contributed by atoms with Crippen molar-refractivity contribution < 1.29 is 4.52 Å². The molecule has 0 saturated carbocycles. The summed E-state index contributed by atoms with van der Waals surface area (Å²) in [6.45, 7) is 2.71. The lowest BCUT2D eigenvalue weighted by atomic mass is 10.0. The number of hydrogen-bond donors (Lipinski definition) is 0. The number of rotatable bonds is 3. The van der Waals surface area contributed by atoms with Crippen LogP contribution in [-0.2, 0) is 19.5 Å². The predicted octanol–water partition coefficient (Wildman–Crippen LogP) is 4.45. The highest BCUT2D eigenvalue weighted by atomic mass is 16.5. The monoisotopic (exact) mass is 341 g/mol. The van der Waals surface area contributed by atoms with Gasteiger partial charge in [-0.1, -0.05) is 59.8 Å². The highest BCUT2D eigenvalue weighted by Crippen LogP contribution is 2.30. The third kappa shape index (κ3) is 2.68. The zero-order valence-corrected chi connectivity index (χ0v) is 14.4. The summed E-state index contributed by atoms with van der Waals surface area (Å²) in [5.74, 6) is 1.02. The van der Waals surface area contributed by atoms with E-state index in [0.29, 0.717) is 0 Å². The number of para-hydroxylation sites is 1. The van der Waals surface area contributed by atoms with Gasteiger partial charge in [-0.2, -0.15) is 0 Å². The lowest BCUT2D eigenvalue weighted by Crippen LogP contribution is -2.29. The lowest BCUT2D eigenvalue weighted by molar-refractivity contribution is 0.229. The second kappa shape index (κ2) is 6.39. The van der Waals surface area contributed by atoms with Crippen molar-refractivity contribution in [2.75, 3.05) is 6.54 Å². The van der Waals surface area contributed by atoms with Gasteiger partial charge in [-0.3, -0.25) is 9.88 Å². The number of nitrogens with zero attached hydrogens (tertiary/aromatic N) is 3. The van der Waals surface area contributed by atoms with Crippen LogP contribution in [0.15, 0.2) is 71.4 Å². The molecule has 2 aromatic carbocycles. The van der Waals surface area contributed by atoms with E-state index in [2.05, 4.69) is 51.4 Å². The molecule has 0 fully saturated rings. The van der Waals surface area contributed by atoms with E-state index >= 15 is 0 Å². The molecule has 0 N–H and O–H groups in total. The molecule has 0 spiro atoms. The number of benzene rings is 2. The van der Waals surface area contributed by atoms with Gasteiger partial charge in [-0.15, -0.1) is 0 Å². The fraction of sp³-hybridized carbons (Fsp3) is 0.182. The van der Waals surface area contributed by atoms with Crippen LogP contribution in [0, 0.1) is 0 Å². The molecule has 1 aliphatic heterocycles. The Balaban J connectivity index is 1.45. The van der Waals surface area contributed by atoms with Crippen molar-refractivity contribution in [3.8, 4) is 11.3 Å². The summed E-state index contributed by atoms with van der Waals surface area (Å²) in [4.78, 5) is 7.04. The van der Waals surface area contributed by atoms with Gasteiger partial charge >= 0.3 is 0 Å². The molecule has 0 unspecified atom stereocenters. The Labute approximate surface area is 152 Å². The van der Waals surface area contributed by atoms with Crippen LogP contribution in [0.5, 0.6) is 0 Å². The zero-order valence-electron chi connectivity index (χ0n) is 14.4. The normalized spacial score (nSPS) is 14.5. The van der Waals surface area contributed by atoms with Gasteiger partial charge in [0.1, 0.15) is 11.5 Å². The van der Waals surface area contributed by atoms with Crippen molar-refractivity contribution in [3.05, 3.63) is 83.7 Å². The maximum absolute atomic E-state index is 5.62. The van der Waals surface area contributed by atoms with E-state index in [9.17, 15) is 0 Å². The summed E-state index contributed by atoms with van der Waals surface area (Å²) in [5, 5.41) is 5.54. The largest absolute Gasteiger partial charge is 0.360 e. The van der Waals surface area contributed by atoms with E-state index in [1.807, 2.05) is 30.5 Å². The summed E-state index contributed by atoms with van der Waals surface area (Å²) >= 11 is 0.